The molecule has 0 saturated heterocycles. The van der Waals surface area contributed by atoms with Crippen LogP contribution in [-0.4, -0.2) is 7.11 Å². The average molecular weight is 428 g/mol. The van der Waals surface area contributed by atoms with Crippen LogP contribution in [0.4, 0.5) is 11.4 Å². The third kappa shape index (κ3) is 5.01. The summed E-state index contributed by atoms with van der Waals surface area (Å²) < 4.78 is 5.60. The van der Waals surface area contributed by atoms with Crippen LogP contribution in [0.5, 0.6) is 0 Å². The van der Waals surface area contributed by atoms with Crippen LogP contribution in [-0.2, 0) is 17.6 Å². The number of hydrogen-bond acceptors (Lipinski definition) is 2. The van der Waals surface area contributed by atoms with Gasteiger partial charge in [-0.15, -0.1) is 0 Å². The van der Waals surface area contributed by atoms with Crippen LogP contribution in [0, 0.1) is 12.8 Å². The first kappa shape index (κ1) is 22.5. The van der Waals surface area contributed by atoms with Crippen LogP contribution in [0.25, 0.3) is 5.57 Å². The van der Waals surface area contributed by atoms with Gasteiger partial charge in [-0.3, -0.25) is 0 Å². The lowest BCUT2D eigenvalue weighted by atomic mass is 9.93. The lowest BCUT2D eigenvalue weighted by molar-refractivity contribution is 0.307. The second-order valence-corrected chi connectivity index (χ2v) is 9.27. The molecule has 1 N–H and O–H groups in total. The molecule has 0 saturated carbocycles. The summed E-state index contributed by atoms with van der Waals surface area (Å²) >= 11 is 0. The van der Waals surface area contributed by atoms with E-state index in [2.05, 4.69) is 80.7 Å². The molecule has 168 valence electrons. The minimum Gasteiger partial charge on any atom is -0.497 e. The molecule has 2 aromatic carbocycles. The standard InChI is InChI=1S/C30H37NO/c1-5-22-9-7-11-28-24(17-22)10-8-12-30(28)31-26-15-13-21(3)29(20-26)25-18-23(6-2)14-16-27(19-25)32-4/h8,10,12-16,19-20,22,31H,5-7,9,11,17-18H2,1-4H3. The van der Waals surface area contributed by atoms with Crippen LogP contribution in [0.3, 0.4) is 0 Å². The lowest BCUT2D eigenvalue weighted by Crippen LogP contribution is -2.03. The number of aryl methyl sites for hydroxylation is 1. The van der Waals surface area contributed by atoms with E-state index in [9.17, 15) is 0 Å². The minimum absolute atomic E-state index is 0.823. The molecule has 2 aliphatic rings. The number of nitrogens with one attached hydrogen (secondary N) is 1. The Balaban J connectivity index is 1.66. The van der Waals surface area contributed by atoms with Crippen molar-refractivity contribution in [2.75, 3.05) is 12.4 Å². The van der Waals surface area contributed by atoms with Gasteiger partial charge in [0.2, 0.25) is 0 Å². The molecule has 0 bridgehead atoms. The van der Waals surface area contributed by atoms with E-state index in [4.69, 9.17) is 4.74 Å². The molecule has 0 fully saturated rings. The van der Waals surface area contributed by atoms with Gasteiger partial charge in [-0.2, -0.15) is 0 Å². The molecular formula is C30H37NO. The Morgan fingerprint density at radius 3 is 2.75 bits per heavy atom. The van der Waals surface area contributed by atoms with Gasteiger partial charge < -0.3 is 10.1 Å². The summed E-state index contributed by atoms with van der Waals surface area (Å²) in [7, 11) is 1.75. The van der Waals surface area contributed by atoms with Gasteiger partial charge in [0.05, 0.1) is 7.11 Å². The van der Waals surface area contributed by atoms with E-state index >= 15 is 0 Å². The van der Waals surface area contributed by atoms with E-state index in [1.165, 1.54) is 71.2 Å². The first-order valence-corrected chi connectivity index (χ1v) is 12.2. The van der Waals surface area contributed by atoms with Gasteiger partial charge in [-0.1, -0.05) is 50.1 Å². The number of rotatable bonds is 6. The average Bonchev–Trinajstić information content (AvgIpc) is 3.16. The van der Waals surface area contributed by atoms with Crippen molar-refractivity contribution in [3.05, 3.63) is 88.2 Å². The first-order valence-electron chi connectivity index (χ1n) is 12.2. The SMILES string of the molecule is CCC1=CC=C(OC)C=C(c2cc(Nc3cccc4c3CCCC(CC)C4)ccc2C)C1. The summed E-state index contributed by atoms with van der Waals surface area (Å²) in [6.07, 6.45) is 14.8. The van der Waals surface area contributed by atoms with Crippen molar-refractivity contribution in [1.82, 2.24) is 0 Å². The van der Waals surface area contributed by atoms with Gasteiger partial charge in [0.15, 0.2) is 0 Å². The van der Waals surface area contributed by atoms with Crippen molar-refractivity contribution in [2.24, 2.45) is 5.92 Å². The molecule has 0 aliphatic heterocycles. The van der Waals surface area contributed by atoms with Gasteiger partial charge in [0.1, 0.15) is 5.76 Å². The van der Waals surface area contributed by atoms with Crippen LogP contribution >= 0.6 is 0 Å². The molecule has 0 heterocycles. The molecule has 2 aliphatic carbocycles. The second-order valence-electron chi connectivity index (χ2n) is 9.27. The number of hydrogen-bond donors (Lipinski definition) is 1. The largest absolute Gasteiger partial charge is 0.497 e. The fourth-order valence-corrected chi connectivity index (χ4v) is 5.09. The van der Waals surface area contributed by atoms with Gasteiger partial charge in [0, 0.05) is 11.4 Å². The van der Waals surface area contributed by atoms with Crippen LogP contribution in [0.1, 0.15) is 68.2 Å². The minimum atomic E-state index is 0.823. The van der Waals surface area contributed by atoms with Crippen molar-refractivity contribution >= 4 is 16.9 Å². The maximum absolute atomic E-state index is 5.60. The summed E-state index contributed by atoms with van der Waals surface area (Å²) in [6, 6.07) is 13.6. The summed E-state index contributed by atoms with van der Waals surface area (Å²) in [5, 5.41) is 3.78. The maximum atomic E-state index is 5.60. The molecular weight excluding hydrogens is 390 g/mol. The Morgan fingerprint density at radius 1 is 1.09 bits per heavy atom. The van der Waals surface area contributed by atoms with Gasteiger partial charge in [-0.25, -0.2) is 0 Å². The molecule has 2 nitrogen and oxygen atoms in total. The molecule has 1 atom stereocenters. The Morgan fingerprint density at radius 2 is 1.97 bits per heavy atom. The van der Waals surface area contributed by atoms with Crippen molar-refractivity contribution in [2.45, 2.75) is 65.7 Å². The Labute approximate surface area is 194 Å². The zero-order valence-corrected chi connectivity index (χ0v) is 20.1. The third-order valence-electron chi connectivity index (χ3n) is 7.17. The molecule has 2 heteroatoms. The quantitative estimate of drug-likeness (QED) is 0.468. The predicted octanol–water partition coefficient (Wildman–Crippen LogP) is 8.30. The zero-order valence-electron chi connectivity index (χ0n) is 20.1. The highest BCUT2D eigenvalue weighted by atomic mass is 16.5. The van der Waals surface area contributed by atoms with Crippen molar-refractivity contribution in [3.63, 3.8) is 0 Å². The molecule has 0 aromatic heterocycles. The monoisotopic (exact) mass is 427 g/mol. The number of ether oxygens (including phenoxy) is 1. The molecule has 1 unspecified atom stereocenters. The van der Waals surface area contributed by atoms with E-state index in [1.54, 1.807) is 7.11 Å². The predicted molar refractivity (Wildman–Crippen MR) is 137 cm³/mol. The van der Waals surface area contributed by atoms with E-state index in [0.29, 0.717) is 0 Å². The Bertz CT molecular complexity index is 1060. The molecule has 2 aromatic rings. The first-order chi connectivity index (χ1) is 15.6. The normalized spacial score (nSPS) is 18.5. The van der Waals surface area contributed by atoms with E-state index in [1.807, 2.05) is 0 Å². The molecule has 0 amide bonds. The maximum Gasteiger partial charge on any atom is 0.119 e. The summed E-state index contributed by atoms with van der Waals surface area (Å²) in [5.74, 6) is 1.74. The Kier molecular flexibility index (Phi) is 7.19. The number of anilines is 2. The van der Waals surface area contributed by atoms with Gasteiger partial charge in [0.25, 0.3) is 0 Å². The molecule has 32 heavy (non-hydrogen) atoms. The molecule has 0 radical (unpaired) electrons. The Hall–Kier alpha value is -2.74. The van der Waals surface area contributed by atoms with E-state index < -0.39 is 0 Å². The van der Waals surface area contributed by atoms with Crippen LogP contribution in [0.15, 0.2) is 66.0 Å². The number of methoxy groups -OCH3 is 1. The van der Waals surface area contributed by atoms with Crippen molar-refractivity contribution < 1.29 is 4.74 Å². The summed E-state index contributed by atoms with van der Waals surface area (Å²) in [6.45, 7) is 6.76. The van der Waals surface area contributed by atoms with Crippen molar-refractivity contribution in [1.29, 1.82) is 0 Å². The fourth-order valence-electron chi connectivity index (χ4n) is 5.09. The number of fused-ring (bicyclic) bond motifs is 1. The fraction of sp³-hybridized carbons (Fsp3) is 0.400. The van der Waals surface area contributed by atoms with Crippen LogP contribution in [0.2, 0.25) is 0 Å². The van der Waals surface area contributed by atoms with Gasteiger partial charge in [-0.05, 0) is 110 Å². The van der Waals surface area contributed by atoms with E-state index in [0.717, 1.165) is 30.2 Å². The third-order valence-corrected chi connectivity index (χ3v) is 7.17. The summed E-state index contributed by atoms with van der Waals surface area (Å²) in [4.78, 5) is 0. The van der Waals surface area contributed by atoms with E-state index in [-0.39, 0.29) is 0 Å². The zero-order chi connectivity index (χ0) is 22.5. The highest BCUT2D eigenvalue weighted by Gasteiger charge is 2.18. The summed E-state index contributed by atoms with van der Waals surface area (Å²) in [5.41, 5.74) is 10.8. The van der Waals surface area contributed by atoms with Crippen molar-refractivity contribution in [3.8, 4) is 0 Å². The molecule has 0 spiro atoms. The highest BCUT2D eigenvalue weighted by Crippen LogP contribution is 2.35. The molecule has 4 rings (SSSR count). The van der Waals surface area contributed by atoms with Gasteiger partial charge >= 0.3 is 0 Å². The number of allylic oxidation sites excluding steroid dienone is 5. The lowest BCUT2D eigenvalue weighted by Gasteiger charge is -2.18. The highest BCUT2D eigenvalue weighted by molar-refractivity contribution is 5.77. The topological polar surface area (TPSA) is 21.3 Å². The second kappa shape index (κ2) is 10.3. The van der Waals surface area contributed by atoms with Crippen LogP contribution < -0.4 is 5.32 Å². The number of benzene rings is 2. The smallest absolute Gasteiger partial charge is 0.119 e.